The summed E-state index contributed by atoms with van der Waals surface area (Å²) in [5.74, 6) is -0.293. The zero-order valence-corrected chi connectivity index (χ0v) is 6.94. The second-order valence-electron chi connectivity index (χ2n) is 2.32. The number of aromatic hydroxyl groups is 2. The van der Waals surface area contributed by atoms with Gasteiger partial charge in [-0.1, -0.05) is 0 Å². The fourth-order valence-electron chi connectivity index (χ4n) is 0.787. The van der Waals surface area contributed by atoms with Crippen molar-refractivity contribution < 1.29 is 19.7 Å². The summed E-state index contributed by atoms with van der Waals surface area (Å²) in [5.41, 5.74) is 0.185. The number of hydrogen-bond donors (Lipinski definition) is 3. The van der Waals surface area contributed by atoms with Gasteiger partial charge in [-0.3, -0.25) is 5.32 Å². The Morgan fingerprint density at radius 2 is 2.15 bits per heavy atom. The Kier molecular flexibility index (Phi) is 2.59. The minimum Gasteiger partial charge on any atom is -0.508 e. The van der Waals surface area contributed by atoms with Crippen LogP contribution in [0.15, 0.2) is 18.2 Å². The molecule has 0 bridgehead atoms. The Labute approximate surface area is 74.6 Å². The number of methoxy groups -OCH3 is 1. The van der Waals surface area contributed by atoms with Crippen molar-refractivity contribution in [2.45, 2.75) is 0 Å². The highest BCUT2D eigenvalue weighted by Gasteiger charge is 2.05. The summed E-state index contributed by atoms with van der Waals surface area (Å²) in [4.78, 5) is 10.7. The van der Waals surface area contributed by atoms with Crippen molar-refractivity contribution in [3.63, 3.8) is 0 Å². The summed E-state index contributed by atoms with van der Waals surface area (Å²) in [6.45, 7) is 0. The van der Waals surface area contributed by atoms with E-state index in [4.69, 9.17) is 5.11 Å². The molecule has 0 atom stereocenters. The monoisotopic (exact) mass is 183 g/mol. The van der Waals surface area contributed by atoms with Crippen LogP contribution in [0.5, 0.6) is 11.5 Å². The van der Waals surface area contributed by atoms with Crippen molar-refractivity contribution >= 4 is 11.8 Å². The third-order valence-corrected chi connectivity index (χ3v) is 1.40. The number of hydrogen-bond acceptors (Lipinski definition) is 4. The van der Waals surface area contributed by atoms with E-state index in [1.54, 1.807) is 0 Å². The Morgan fingerprint density at radius 1 is 1.46 bits per heavy atom. The molecule has 1 aromatic carbocycles. The lowest BCUT2D eigenvalue weighted by Gasteiger charge is -2.05. The van der Waals surface area contributed by atoms with Gasteiger partial charge in [0.05, 0.1) is 12.8 Å². The number of carbonyl (C=O) groups is 1. The number of carbonyl (C=O) groups excluding carboxylic acids is 1. The van der Waals surface area contributed by atoms with Gasteiger partial charge in [-0.15, -0.1) is 0 Å². The molecule has 0 saturated heterocycles. The normalized spacial score (nSPS) is 9.31. The molecule has 1 amide bonds. The number of anilines is 1. The molecule has 0 aliphatic heterocycles. The van der Waals surface area contributed by atoms with E-state index in [0.717, 1.165) is 6.07 Å². The third-order valence-electron chi connectivity index (χ3n) is 1.40. The van der Waals surface area contributed by atoms with Crippen molar-refractivity contribution in [1.82, 2.24) is 0 Å². The van der Waals surface area contributed by atoms with Gasteiger partial charge in [0, 0.05) is 6.07 Å². The van der Waals surface area contributed by atoms with E-state index in [1.807, 2.05) is 0 Å². The largest absolute Gasteiger partial charge is 0.508 e. The van der Waals surface area contributed by atoms with E-state index in [9.17, 15) is 9.90 Å². The molecule has 0 aliphatic rings. The van der Waals surface area contributed by atoms with Crippen molar-refractivity contribution in [2.75, 3.05) is 12.4 Å². The smallest absolute Gasteiger partial charge is 0.411 e. The van der Waals surface area contributed by atoms with Crippen molar-refractivity contribution in [3.05, 3.63) is 18.2 Å². The molecule has 0 radical (unpaired) electrons. The highest BCUT2D eigenvalue weighted by molar-refractivity contribution is 5.86. The molecule has 0 saturated carbocycles. The number of rotatable bonds is 1. The number of benzene rings is 1. The molecule has 0 spiro atoms. The fraction of sp³-hybridized carbons (Fsp3) is 0.125. The molecule has 1 aromatic rings. The Bertz CT molecular complexity index is 324. The second-order valence-corrected chi connectivity index (χ2v) is 2.32. The average Bonchev–Trinajstić information content (AvgIpc) is 2.09. The lowest BCUT2D eigenvalue weighted by Crippen LogP contribution is -2.10. The summed E-state index contributed by atoms with van der Waals surface area (Å²) in [5, 5.41) is 20.4. The number of phenolic OH excluding ortho intramolecular Hbond substituents is 2. The summed E-state index contributed by atoms with van der Waals surface area (Å²) in [6, 6.07) is 3.82. The quantitative estimate of drug-likeness (QED) is 0.452. The van der Waals surface area contributed by atoms with Gasteiger partial charge in [-0.2, -0.15) is 0 Å². The van der Waals surface area contributed by atoms with Crippen LogP contribution in [0.25, 0.3) is 0 Å². The first-order valence-corrected chi connectivity index (χ1v) is 3.50. The van der Waals surface area contributed by atoms with E-state index in [0.29, 0.717) is 0 Å². The first-order chi connectivity index (χ1) is 6.13. The van der Waals surface area contributed by atoms with Gasteiger partial charge >= 0.3 is 6.09 Å². The van der Waals surface area contributed by atoms with E-state index in [2.05, 4.69) is 10.1 Å². The van der Waals surface area contributed by atoms with Gasteiger partial charge in [0.25, 0.3) is 0 Å². The van der Waals surface area contributed by atoms with Gasteiger partial charge in [0.2, 0.25) is 0 Å². The Balaban J connectivity index is 2.83. The Morgan fingerprint density at radius 3 is 2.69 bits per heavy atom. The van der Waals surface area contributed by atoms with Crippen LogP contribution in [0, 0.1) is 0 Å². The molecule has 0 heterocycles. The van der Waals surface area contributed by atoms with E-state index in [-0.39, 0.29) is 17.2 Å². The van der Waals surface area contributed by atoms with Crippen LogP contribution >= 0.6 is 0 Å². The van der Waals surface area contributed by atoms with Crippen LogP contribution in [0.4, 0.5) is 10.5 Å². The molecular formula is C8H9NO4. The summed E-state index contributed by atoms with van der Waals surface area (Å²) in [7, 11) is 1.22. The maximum atomic E-state index is 10.7. The van der Waals surface area contributed by atoms with Gasteiger partial charge in [-0.05, 0) is 12.1 Å². The Hall–Kier alpha value is -1.91. The predicted octanol–water partition coefficient (Wildman–Crippen LogP) is 1.28. The fourth-order valence-corrected chi connectivity index (χ4v) is 0.787. The summed E-state index contributed by atoms with van der Waals surface area (Å²) in [6.07, 6.45) is -0.680. The van der Waals surface area contributed by atoms with E-state index in [1.165, 1.54) is 19.2 Å². The van der Waals surface area contributed by atoms with Crippen LogP contribution in [-0.4, -0.2) is 23.4 Å². The van der Waals surface area contributed by atoms with Gasteiger partial charge in [-0.25, -0.2) is 4.79 Å². The molecule has 5 nitrogen and oxygen atoms in total. The average molecular weight is 183 g/mol. The number of amides is 1. The molecule has 0 aromatic heterocycles. The molecule has 70 valence electrons. The lowest BCUT2D eigenvalue weighted by molar-refractivity contribution is 0.187. The van der Waals surface area contributed by atoms with Gasteiger partial charge in [0.15, 0.2) is 0 Å². The van der Waals surface area contributed by atoms with Crippen molar-refractivity contribution in [2.24, 2.45) is 0 Å². The molecule has 13 heavy (non-hydrogen) atoms. The topological polar surface area (TPSA) is 78.8 Å². The van der Waals surface area contributed by atoms with E-state index >= 15 is 0 Å². The molecule has 1 rings (SSSR count). The lowest BCUT2D eigenvalue weighted by atomic mass is 10.3. The second kappa shape index (κ2) is 3.66. The van der Waals surface area contributed by atoms with Crippen LogP contribution in [0.1, 0.15) is 0 Å². The highest BCUT2D eigenvalue weighted by Crippen LogP contribution is 2.26. The summed E-state index contributed by atoms with van der Waals surface area (Å²) >= 11 is 0. The zero-order valence-electron chi connectivity index (χ0n) is 6.94. The van der Waals surface area contributed by atoms with Gasteiger partial charge < -0.3 is 14.9 Å². The van der Waals surface area contributed by atoms with Crippen molar-refractivity contribution in [1.29, 1.82) is 0 Å². The van der Waals surface area contributed by atoms with Crippen molar-refractivity contribution in [3.8, 4) is 11.5 Å². The molecule has 0 unspecified atom stereocenters. The minimum absolute atomic E-state index is 0.0760. The molecule has 3 N–H and O–H groups in total. The van der Waals surface area contributed by atoms with Crippen LogP contribution in [0.3, 0.4) is 0 Å². The first-order valence-electron chi connectivity index (χ1n) is 3.50. The maximum absolute atomic E-state index is 10.7. The van der Waals surface area contributed by atoms with Crippen LogP contribution in [0.2, 0.25) is 0 Å². The SMILES string of the molecule is COC(=O)Nc1ccc(O)cc1O. The highest BCUT2D eigenvalue weighted by atomic mass is 16.5. The number of ether oxygens (including phenoxy) is 1. The predicted molar refractivity (Wildman–Crippen MR) is 45.8 cm³/mol. The van der Waals surface area contributed by atoms with Crippen LogP contribution in [-0.2, 0) is 4.74 Å². The molecule has 0 aliphatic carbocycles. The standard InChI is InChI=1S/C8H9NO4/c1-13-8(12)9-6-3-2-5(10)4-7(6)11/h2-4,10-11H,1H3,(H,9,12). The third kappa shape index (κ3) is 2.26. The van der Waals surface area contributed by atoms with Crippen LogP contribution < -0.4 is 5.32 Å². The van der Waals surface area contributed by atoms with Gasteiger partial charge in [0.1, 0.15) is 11.5 Å². The van der Waals surface area contributed by atoms with E-state index < -0.39 is 6.09 Å². The zero-order chi connectivity index (χ0) is 9.84. The molecular weight excluding hydrogens is 174 g/mol. The number of nitrogens with one attached hydrogen (secondary N) is 1. The number of phenols is 2. The molecule has 0 fully saturated rings. The molecule has 5 heteroatoms. The maximum Gasteiger partial charge on any atom is 0.411 e. The minimum atomic E-state index is -0.680. The first kappa shape index (κ1) is 9.18. The summed E-state index contributed by atoms with van der Waals surface area (Å²) < 4.78 is 4.32.